The van der Waals surface area contributed by atoms with Crippen molar-refractivity contribution in [1.82, 2.24) is 9.29 Å². The predicted octanol–water partition coefficient (Wildman–Crippen LogP) is 2.65. The van der Waals surface area contributed by atoms with Gasteiger partial charge in [-0.15, -0.1) is 11.3 Å². The number of nitrogens with one attached hydrogen (secondary N) is 1. The molecule has 0 atom stereocenters. The van der Waals surface area contributed by atoms with Crippen LogP contribution in [-0.2, 0) is 14.8 Å². The van der Waals surface area contributed by atoms with E-state index in [4.69, 9.17) is 4.74 Å². The minimum Gasteiger partial charge on any atom is -0.379 e. The molecule has 0 saturated carbocycles. The zero-order valence-corrected chi connectivity index (χ0v) is 15.4. The fraction of sp³-hybridized carbons (Fsp3) is 0.438. The molecule has 0 unspecified atom stereocenters. The Morgan fingerprint density at radius 2 is 1.88 bits per heavy atom. The second-order valence-corrected chi connectivity index (χ2v) is 8.67. The van der Waals surface area contributed by atoms with E-state index in [1.807, 2.05) is 17.5 Å². The van der Waals surface area contributed by atoms with Crippen LogP contribution in [0.4, 0.5) is 5.13 Å². The molecule has 0 bridgehead atoms. The van der Waals surface area contributed by atoms with E-state index >= 15 is 0 Å². The molecule has 0 spiro atoms. The molecule has 1 aromatic heterocycles. The van der Waals surface area contributed by atoms with E-state index in [9.17, 15) is 8.42 Å². The number of morpholine rings is 1. The number of sulfonamides is 1. The Kier molecular flexibility index (Phi) is 5.19. The van der Waals surface area contributed by atoms with Crippen molar-refractivity contribution in [3.63, 3.8) is 0 Å². The van der Waals surface area contributed by atoms with Crippen LogP contribution in [0.2, 0.25) is 0 Å². The Bertz CT molecular complexity index is 779. The van der Waals surface area contributed by atoms with E-state index in [0.29, 0.717) is 37.2 Å². The van der Waals surface area contributed by atoms with Crippen molar-refractivity contribution < 1.29 is 13.2 Å². The minimum absolute atomic E-state index is 0.309. The van der Waals surface area contributed by atoms with Gasteiger partial charge in [-0.3, -0.25) is 0 Å². The topological polar surface area (TPSA) is 71.5 Å². The average molecular weight is 367 g/mol. The molecule has 24 heavy (non-hydrogen) atoms. The maximum atomic E-state index is 12.6. The lowest BCUT2D eigenvalue weighted by molar-refractivity contribution is 0.0730. The highest BCUT2D eigenvalue weighted by Gasteiger charge is 2.26. The quantitative estimate of drug-likeness (QED) is 0.880. The van der Waals surface area contributed by atoms with Crippen LogP contribution in [0, 0.1) is 0 Å². The van der Waals surface area contributed by atoms with Crippen LogP contribution in [-0.4, -0.2) is 50.1 Å². The van der Waals surface area contributed by atoms with E-state index in [0.717, 1.165) is 16.4 Å². The summed E-state index contributed by atoms with van der Waals surface area (Å²) in [5.41, 5.74) is 1.75. The smallest absolute Gasteiger partial charge is 0.243 e. The molecule has 1 N–H and O–H groups in total. The Hall–Kier alpha value is -1.48. The van der Waals surface area contributed by atoms with Gasteiger partial charge in [-0.05, 0) is 26.0 Å². The average Bonchev–Trinajstić information content (AvgIpc) is 3.03. The van der Waals surface area contributed by atoms with Crippen molar-refractivity contribution in [1.29, 1.82) is 0 Å². The number of ether oxygens (including phenoxy) is 1. The van der Waals surface area contributed by atoms with Crippen LogP contribution in [0.3, 0.4) is 0 Å². The number of hydrogen-bond donors (Lipinski definition) is 1. The van der Waals surface area contributed by atoms with Crippen LogP contribution >= 0.6 is 11.3 Å². The summed E-state index contributed by atoms with van der Waals surface area (Å²) in [6.07, 6.45) is 0. The molecule has 1 fully saturated rings. The van der Waals surface area contributed by atoms with Crippen molar-refractivity contribution >= 4 is 26.5 Å². The molecule has 130 valence electrons. The molecule has 2 heterocycles. The number of hydrogen-bond acceptors (Lipinski definition) is 6. The monoisotopic (exact) mass is 367 g/mol. The SMILES string of the molecule is CC(C)Nc1nc(-c2ccc(S(=O)(=O)N3CCOCC3)cc2)cs1. The van der Waals surface area contributed by atoms with Crippen LogP contribution in [0.1, 0.15) is 13.8 Å². The molecule has 6 nitrogen and oxygen atoms in total. The Balaban J connectivity index is 1.79. The molecule has 0 aliphatic carbocycles. The molecule has 1 aromatic carbocycles. The summed E-state index contributed by atoms with van der Waals surface area (Å²) in [4.78, 5) is 4.84. The number of nitrogens with zero attached hydrogens (tertiary/aromatic N) is 2. The molecule has 1 saturated heterocycles. The molecule has 2 aromatic rings. The van der Waals surface area contributed by atoms with E-state index in [-0.39, 0.29) is 0 Å². The van der Waals surface area contributed by atoms with Crippen molar-refractivity contribution in [2.24, 2.45) is 0 Å². The molecule has 0 amide bonds. The summed E-state index contributed by atoms with van der Waals surface area (Å²) in [7, 11) is -3.45. The van der Waals surface area contributed by atoms with E-state index < -0.39 is 10.0 Å². The van der Waals surface area contributed by atoms with E-state index in [1.165, 1.54) is 4.31 Å². The van der Waals surface area contributed by atoms with Gasteiger partial charge in [0.25, 0.3) is 0 Å². The number of anilines is 1. The summed E-state index contributed by atoms with van der Waals surface area (Å²) in [6.45, 7) is 5.82. The highest BCUT2D eigenvalue weighted by molar-refractivity contribution is 7.89. The summed E-state index contributed by atoms with van der Waals surface area (Å²) in [5.74, 6) is 0. The van der Waals surface area contributed by atoms with E-state index in [1.54, 1.807) is 23.5 Å². The third-order valence-corrected chi connectivity index (χ3v) is 6.36. The fourth-order valence-electron chi connectivity index (χ4n) is 2.45. The minimum atomic E-state index is -3.45. The first-order valence-corrected chi connectivity index (χ1v) is 10.2. The zero-order chi connectivity index (χ0) is 17.2. The number of aromatic nitrogens is 1. The van der Waals surface area contributed by atoms with Crippen LogP contribution in [0.5, 0.6) is 0 Å². The predicted molar refractivity (Wildman–Crippen MR) is 95.9 cm³/mol. The van der Waals surface area contributed by atoms with Gasteiger partial charge in [0.2, 0.25) is 10.0 Å². The highest BCUT2D eigenvalue weighted by atomic mass is 32.2. The largest absolute Gasteiger partial charge is 0.379 e. The number of benzene rings is 1. The summed E-state index contributed by atoms with van der Waals surface area (Å²) in [5, 5.41) is 6.10. The standard InChI is InChI=1S/C16H21N3O3S2/c1-12(2)17-16-18-15(11-23-16)13-3-5-14(6-4-13)24(20,21)19-7-9-22-10-8-19/h3-6,11-12H,7-10H2,1-2H3,(H,17,18). The summed E-state index contributed by atoms with van der Waals surface area (Å²) >= 11 is 1.54. The van der Waals surface area contributed by atoms with Gasteiger partial charge in [-0.2, -0.15) is 4.31 Å². The molecule has 1 aliphatic heterocycles. The molecule has 0 radical (unpaired) electrons. The van der Waals surface area contributed by atoms with Gasteiger partial charge >= 0.3 is 0 Å². The van der Waals surface area contributed by atoms with Crippen LogP contribution in [0.15, 0.2) is 34.5 Å². The van der Waals surface area contributed by atoms with Gasteiger partial charge in [0, 0.05) is 30.1 Å². The molecule has 8 heteroatoms. The maximum Gasteiger partial charge on any atom is 0.243 e. The normalized spacial score (nSPS) is 16.5. The lowest BCUT2D eigenvalue weighted by Gasteiger charge is -2.26. The second kappa shape index (κ2) is 7.18. The summed E-state index contributed by atoms with van der Waals surface area (Å²) in [6, 6.07) is 7.23. The summed E-state index contributed by atoms with van der Waals surface area (Å²) < 4.78 is 31.9. The number of thiazole rings is 1. The molecule has 1 aliphatic rings. The van der Waals surface area contributed by atoms with Crippen LogP contribution < -0.4 is 5.32 Å². The molecular weight excluding hydrogens is 346 g/mol. The molecule has 3 rings (SSSR count). The van der Waals surface area contributed by atoms with Gasteiger partial charge in [-0.25, -0.2) is 13.4 Å². The zero-order valence-electron chi connectivity index (χ0n) is 13.7. The van der Waals surface area contributed by atoms with Crippen molar-refractivity contribution in [3.8, 4) is 11.3 Å². The third-order valence-electron chi connectivity index (χ3n) is 3.67. The molecular formula is C16H21N3O3S2. The highest BCUT2D eigenvalue weighted by Crippen LogP contribution is 2.27. The third kappa shape index (κ3) is 3.77. The first-order chi connectivity index (χ1) is 11.5. The Labute approximate surface area is 146 Å². The van der Waals surface area contributed by atoms with Crippen molar-refractivity contribution in [2.45, 2.75) is 24.8 Å². The number of rotatable bonds is 5. The maximum absolute atomic E-state index is 12.6. The van der Waals surface area contributed by atoms with Crippen molar-refractivity contribution in [2.75, 3.05) is 31.6 Å². The lowest BCUT2D eigenvalue weighted by atomic mass is 10.2. The Morgan fingerprint density at radius 3 is 2.50 bits per heavy atom. The first kappa shape index (κ1) is 17.3. The van der Waals surface area contributed by atoms with Gasteiger partial charge in [-0.1, -0.05) is 12.1 Å². The van der Waals surface area contributed by atoms with Gasteiger partial charge in [0.05, 0.1) is 23.8 Å². The fourth-order valence-corrected chi connectivity index (χ4v) is 4.73. The van der Waals surface area contributed by atoms with Gasteiger partial charge < -0.3 is 10.1 Å². The van der Waals surface area contributed by atoms with Gasteiger partial charge in [0.15, 0.2) is 5.13 Å². The van der Waals surface area contributed by atoms with Gasteiger partial charge in [0.1, 0.15) is 0 Å². The first-order valence-electron chi connectivity index (χ1n) is 7.87. The lowest BCUT2D eigenvalue weighted by Crippen LogP contribution is -2.40. The van der Waals surface area contributed by atoms with Crippen LogP contribution in [0.25, 0.3) is 11.3 Å². The second-order valence-electron chi connectivity index (χ2n) is 5.88. The Morgan fingerprint density at radius 1 is 1.21 bits per heavy atom. The van der Waals surface area contributed by atoms with Crippen molar-refractivity contribution in [3.05, 3.63) is 29.6 Å². The van der Waals surface area contributed by atoms with E-state index in [2.05, 4.69) is 24.1 Å².